The zero-order chi connectivity index (χ0) is 8.72. The summed E-state index contributed by atoms with van der Waals surface area (Å²) in [6.45, 7) is 0. The molecule has 3 heteroatoms. The van der Waals surface area contributed by atoms with Gasteiger partial charge in [0.1, 0.15) is 0 Å². The Morgan fingerprint density at radius 2 is 1.67 bits per heavy atom. The van der Waals surface area contributed by atoms with E-state index in [0.29, 0.717) is 22.0 Å². The summed E-state index contributed by atoms with van der Waals surface area (Å²) in [6, 6.07) is 5.91. The lowest BCUT2D eigenvalue weighted by atomic mass is 10.1. The smallest absolute Gasteiger partial charge is 0.0423 e. The minimum Gasteiger partial charge on any atom is -0.327 e. The van der Waals surface area contributed by atoms with Gasteiger partial charge in [0.2, 0.25) is 0 Å². The van der Waals surface area contributed by atoms with Crippen LogP contribution in [-0.2, 0) is 0 Å². The molecular formula is C9H9Cl2N. The van der Waals surface area contributed by atoms with Crippen LogP contribution in [0, 0.1) is 0 Å². The SMILES string of the molecule is N[C@H]1C[C@H]1c1cc(Cl)cc(Cl)c1. The van der Waals surface area contributed by atoms with Crippen LogP contribution in [0.25, 0.3) is 0 Å². The van der Waals surface area contributed by atoms with Crippen molar-refractivity contribution in [2.24, 2.45) is 5.73 Å². The molecule has 2 N–H and O–H groups in total. The average molecular weight is 202 g/mol. The molecule has 1 saturated carbocycles. The number of hydrogen-bond acceptors (Lipinski definition) is 1. The van der Waals surface area contributed by atoms with E-state index in [2.05, 4.69) is 0 Å². The van der Waals surface area contributed by atoms with Crippen LogP contribution in [0.5, 0.6) is 0 Å². The first-order chi connectivity index (χ1) is 5.66. The predicted octanol–water partition coefficient (Wildman–Crippen LogP) is 2.81. The van der Waals surface area contributed by atoms with Crippen molar-refractivity contribution < 1.29 is 0 Å². The normalized spacial score (nSPS) is 27.2. The number of halogens is 2. The minimum atomic E-state index is 0.305. The lowest BCUT2D eigenvalue weighted by molar-refractivity contribution is 0.991. The maximum Gasteiger partial charge on any atom is 0.0423 e. The van der Waals surface area contributed by atoms with Gasteiger partial charge in [-0.05, 0) is 30.2 Å². The Bertz CT molecular complexity index is 291. The van der Waals surface area contributed by atoms with E-state index in [1.54, 1.807) is 6.07 Å². The number of rotatable bonds is 1. The van der Waals surface area contributed by atoms with Gasteiger partial charge in [0.05, 0.1) is 0 Å². The Balaban J connectivity index is 2.32. The summed E-state index contributed by atoms with van der Waals surface area (Å²) in [5.41, 5.74) is 6.88. The van der Waals surface area contributed by atoms with E-state index in [1.807, 2.05) is 12.1 Å². The molecule has 2 rings (SSSR count). The molecule has 0 aliphatic heterocycles. The van der Waals surface area contributed by atoms with E-state index in [1.165, 1.54) is 5.56 Å². The Kier molecular flexibility index (Phi) is 2.03. The fourth-order valence-corrected chi connectivity index (χ4v) is 1.93. The maximum absolute atomic E-state index is 5.84. The minimum absolute atomic E-state index is 0.305. The van der Waals surface area contributed by atoms with Gasteiger partial charge < -0.3 is 5.73 Å². The van der Waals surface area contributed by atoms with Gasteiger partial charge in [-0.1, -0.05) is 23.2 Å². The first-order valence-electron chi connectivity index (χ1n) is 3.88. The van der Waals surface area contributed by atoms with Gasteiger partial charge in [0.15, 0.2) is 0 Å². The van der Waals surface area contributed by atoms with Crippen molar-refractivity contribution in [1.29, 1.82) is 0 Å². The first-order valence-corrected chi connectivity index (χ1v) is 4.64. The third-order valence-electron chi connectivity index (χ3n) is 2.15. The van der Waals surface area contributed by atoms with E-state index in [0.717, 1.165) is 6.42 Å². The van der Waals surface area contributed by atoms with Crippen molar-refractivity contribution in [3.63, 3.8) is 0 Å². The summed E-state index contributed by atoms with van der Waals surface area (Å²) < 4.78 is 0. The van der Waals surface area contributed by atoms with Crippen molar-refractivity contribution in [3.8, 4) is 0 Å². The van der Waals surface area contributed by atoms with E-state index < -0.39 is 0 Å². The summed E-state index contributed by atoms with van der Waals surface area (Å²) in [6.07, 6.45) is 1.05. The van der Waals surface area contributed by atoms with Crippen LogP contribution < -0.4 is 5.73 Å². The highest BCUT2D eigenvalue weighted by Crippen LogP contribution is 2.40. The molecule has 0 spiro atoms. The second kappa shape index (κ2) is 2.91. The largest absolute Gasteiger partial charge is 0.327 e. The van der Waals surface area contributed by atoms with E-state index in [-0.39, 0.29) is 0 Å². The van der Waals surface area contributed by atoms with Crippen molar-refractivity contribution in [2.45, 2.75) is 18.4 Å². The van der Waals surface area contributed by atoms with Crippen LogP contribution >= 0.6 is 23.2 Å². The highest BCUT2D eigenvalue weighted by atomic mass is 35.5. The van der Waals surface area contributed by atoms with Gasteiger partial charge >= 0.3 is 0 Å². The fraction of sp³-hybridized carbons (Fsp3) is 0.333. The lowest BCUT2D eigenvalue weighted by Gasteiger charge is -2.00. The number of hydrogen-bond donors (Lipinski definition) is 1. The second-order valence-corrected chi connectivity index (χ2v) is 4.08. The third-order valence-corrected chi connectivity index (χ3v) is 2.59. The molecule has 0 unspecified atom stereocenters. The van der Waals surface area contributed by atoms with Crippen LogP contribution in [0.2, 0.25) is 10.0 Å². The van der Waals surface area contributed by atoms with Crippen LogP contribution in [-0.4, -0.2) is 6.04 Å². The Hall–Kier alpha value is -0.240. The van der Waals surface area contributed by atoms with E-state index in [9.17, 15) is 0 Å². The molecule has 1 fully saturated rings. The van der Waals surface area contributed by atoms with Gasteiger partial charge in [-0.2, -0.15) is 0 Å². The number of benzene rings is 1. The fourth-order valence-electron chi connectivity index (χ4n) is 1.39. The van der Waals surface area contributed by atoms with Gasteiger partial charge in [0, 0.05) is 22.0 Å². The van der Waals surface area contributed by atoms with E-state index >= 15 is 0 Å². The average Bonchev–Trinajstić information content (AvgIpc) is 2.64. The highest BCUT2D eigenvalue weighted by molar-refractivity contribution is 6.34. The van der Waals surface area contributed by atoms with Crippen LogP contribution in [0.4, 0.5) is 0 Å². The summed E-state index contributed by atoms with van der Waals surface area (Å²) in [5, 5.41) is 1.38. The standard InChI is InChI=1S/C9H9Cl2N/c10-6-1-5(2-7(11)3-6)8-4-9(8)12/h1-3,8-9H,4,12H2/t8-,9-/m0/s1. The molecule has 0 bridgehead atoms. The van der Waals surface area contributed by atoms with Gasteiger partial charge in [-0.25, -0.2) is 0 Å². The van der Waals surface area contributed by atoms with Crippen molar-refractivity contribution >= 4 is 23.2 Å². The van der Waals surface area contributed by atoms with Gasteiger partial charge in [-0.15, -0.1) is 0 Å². The predicted molar refractivity (Wildman–Crippen MR) is 51.8 cm³/mol. The molecule has 0 saturated heterocycles. The zero-order valence-corrected chi connectivity index (χ0v) is 7.94. The topological polar surface area (TPSA) is 26.0 Å². The second-order valence-electron chi connectivity index (χ2n) is 3.21. The van der Waals surface area contributed by atoms with E-state index in [4.69, 9.17) is 28.9 Å². The first kappa shape index (κ1) is 8.36. The van der Waals surface area contributed by atoms with Crippen LogP contribution in [0.1, 0.15) is 17.9 Å². The van der Waals surface area contributed by atoms with Gasteiger partial charge in [-0.3, -0.25) is 0 Å². The number of nitrogens with two attached hydrogens (primary N) is 1. The maximum atomic E-state index is 5.84. The molecule has 0 aromatic heterocycles. The Morgan fingerprint density at radius 1 is 1.17 bits per heavy atom. The Morgan fingerprint density at radius 3 is 2.08 bits per heavy atom. The Labute approximate surface area is 81.5 Å². The van der Waals surface area contributed by atoms with Crippen LogP contribution in [0.15, 0.2) is 18.2 Å². The summed E-state index contributed by atoms with van der Waals surface area (Å²) in [5.74, 6) is 0.473. The molecule has 0 amide bonds. The molecule has 1 aromatic carbocycles. The molecular weight excluding hydrogens is 193 g/mol. The molecule has 1 aromatic rings. The summed E-state index contributed by atoms with van der Waals surface area (Å²) >= 11 is 11.7. The quantitative estimate of drug-likeness (QED) is 0.744. The van der Waals surface area contributed by atoms with Crippen molar-refractivity contribution in [2.75, 3.05) is 0 Å². The molecule has 2 atom stereocenters. The molecule has 1 aliphatic rings. The van der Waals surface area contributed by atoms with Crippen molar-refractivity contribution in [3.05, 3.63) is 33.8 Å². The molecule has 0 heterocycles. The van der Waals surface area contributed by atoms with Gasteiger partial charge in [0.25, 0.3) is 0 Å². The summed E-state index contributed by atoms with van der Waals surface area (Å²) in [4.78, 5) is 0. The van der Waals surface area contributed by atoms with Crippen LogP contribution in [0.3, 0.4) is 0 Å². The zero-order valence-electron chi connectivity index (χ0n) is 6.43. The monoisotopic (exact) mass is 201 g/mol. The highest BCUT2D eigenvalue weighted by Gasteiger charge is 2.34. The van der Waals surface area contributed by atoms with Crippen molar-refractivity contribution in [1.82, 2.24) is 0 Å². The molecule has 12 heavy (non-hydrogen) atoms. The molecule has 1 aliphatic carbocycles. The summed E-state index contributed by atoms with van der Waals surface area (Å²) in [7, 11) is 0. The molecule has 0 radical (unpaired) electrons. The third kappa shape index (κ3) is 1.58. The molecule has 1 nitrogen and oxygen atoms in total. The lowest BCUT2D eigenvalue weighted by Crippen LogP contribution is -2.00. The molecule has 64 valence electrons.